The van der Waals surface area contributed by atoms with Gasteiger partial charge in [-0.15, -0.1) is 0 Å². The van der Waals surface area contributed by atoms with E-state index in [-0.39, 0.29) is 17.7 Å². The standard InChI is InChI=1S/C17H21NO4/c19-16(12-6-9-22-10-7-12)18-8-5-13(11-18)14-3-1-2-4-15(14)17(20)21/h1-4,12-13H,5-11H2,(H,20,21)/t13-/m0/s1. The van der Waals surface area contributed by atoms with Crippen LogP contribution in [0.25, 0.3) is 0 Å². The number of carboxylic acid groups (broad SMARTS) is 1. The van der Waals surface area contributed by atoms with Gasteiger partial charge < -0.3 is 14.7 Å². The van der Waals surface area contributed by atoms with Crippen molar-refractivity contribution in [3.8, 4) is 0 Å². The van der Waals surface area contributed by atoms with Crippen molar-refractivity contribution in [2.24, 2.45) is 5.92 Å². The quantitative estimate of drug-likeness (QED) is 0.929. The van der Waals surface area contributed by atoms with Gasteiger partial charge in [0.1, 0.15) is 0 Å². The second kappa shape index (κ2) is 6.48. The van der Waals surface area contributed by atoms with Crippen molar-refractivity contribution in [3.63, 3.8) is 0 Å². The van der Waals surface area contributed by atoms with Crippen molar-refractivity contribution < 1.29 is 19.4 Å². The van der Waals surface area contributed by atoms with Gasteiger partial charge in [-0.3, -0.25) is 4.79 Å². The van der Waals surface area contributed by atoms with Crippen molar-refractivity contribution in [3.05, 3.63) is 35.4 Å². The molecule has 0 aliphatic carbocycles. The number of nitrogens with zero attached hydrogens (tertiary/aromatic N) is 1. The van der Waals surface area contributed by atoms with E-state index in [0.29, 0.717) is 25.3 Å². The summed E-state index contributed by atoms with van der Waals surface area (Å²) in [6, 6.07) is 7.12. The van der Waals surface area contributed by atoms with Crippen LogP contribution in [0.4, 0.5) is 0 Å². The molecule has 1 amide bonds. The normalized spacial score (nSPS) is 22.7. The first kappa shape index (κ1) is 15.0. The second-order valence-electron chi connectivity index (χ2n) is 6.05. The van der Waals surface area contributed by atoms with Crippen LogP contribution in [0.2, 0.25) is 0 Å². The molecular weight excluding hydrogens is 282 g/mol. The summed E-state index contributed by atoms with van der Waals surface area (Å²) in [5, 5.41) is 9.31. The molecule has 5 nitrogen and oxygen atoms in total. The van der Waals surface area contributed by atoms with Gasteiger partial charge in [0.15, 0.2) is 0 Å². The molecule has 0 unspecified atom stereocenters. The lowest BCUT2D eigenvalue weighted by Gasteiger charge is -2.26. The molecule has 1 aromatic carbocycles. The minimum atomic E-state index is -0.898. The minimum absolute atomic E-state index is 0.0715. The smallest absolute Gasteiger partial charge is 0.335 e. The highest BCUT2D eigenvalue weighted by atomic mass is 16.5. The highest BCUT2D eigenvalue weighted by Gasteiger charge is 2.33. The number of hydrogen-bond acceptors (Lipinski definition) is 3. The van der Waals surface area contributed by atoms with Crippen molar-refractivity contribution >= 4 is 11.9 Å². The van der Waals surface area contributed by atoms with E-state index < -0.39 is 5.97 Å². The molecule has 2 heterocycles. The molecule has 5 heteroatoms. The van der Waals surface area contributed by atoms with Gasteiger partial charge in [-0.1, -0.05) is 18.2 Å². The Labute approximate surface area is 129 Å². The SMILES string of the molecule is O=C(O)c1ccccc1[C@H]1CCN(C(=O)C2CCOCC2)C1. The molecule has 0 radical (unpaired) electrons. The van der Waals surface area contributed by atoms with Crippen LogP contribution >= 0.6 is 0 Å². The molecule has 0 bridgehead atoms. The first-order valence-electron chi connectivity index (χ1n) is 7.85. The Balaban J connectivity index is 1.70. The number of rotatable bonds is 3. The Bertz CT molecular complexity index is 566. The predicted molar refractivity (Wildman–Crippen MR) is 80.9 cm³/mol. The number of aromatic carboxylic acids is 1. The largest absolute Gasteiger partial charge is 0.478 e. The molecule has 2 aliphatic heterocycles. The Morgan fingerprint density at radius 1 is 1.14 bits per heavy atom. The lowest BCUT2D eigenvalue weighted by atomic mass is 9.93. The third-order valence-electron chi connectivity index (χ3n) is 4.70. The summed E-state index contributed by atoms with van der Waals surface area (Å²) < 4.78 is 5.31. The zero-order chi connectivity index (χ0) is 15.5. The Kier molecular flexibility index (Phi) is 4.43. The number of carbonyl (C=O) groups excluding carboxylic acids is 1. The minimum Gasteiger partial charge on any atom is -0.478 e. The summed E-state index contributed by atoms with van der Waals surface area (Å²) >= 11 is 0. The highest BCUT2D eigenvalue weighted by Crippen LogP contribution is 2.31. The number of likely N-dealkylation sites (tertiary alicyclic amines) is 1. The van der Waals surface area contributed by atoms with Crippen LogP contribution in [0.3, 0.4) is 0 Å². The van der Waals surface area contributed by atoms with Gasteiger partial charge in [0.05, 0.1) is 5.56 Å². The maximum absolute atomic E-state index is 12.6. The fourth-order valence-electron chi connectivity index (χ4n) is 3.46. The average Bonchev–Trinajstić information content (AvgIpc) is 3.04. The fourth-order valence-corrected chi connectivity index (χ4v) is 3.46. The number of hydrogen-bond donors (Lipinski definition) is 1. The molecular formula is C17H21NO4. The fraction of sp³-hybridized carbons (Fsp3) is 0.529. The van der Waals surface area contributed by atoms with Gasteiger partial charge in [0.2, 0.25) is 5.91 Å². The zero-order valence-corrected chi connectivity index (χ0v) is 12.5. The van der Waals surface area contributed by atoms with E-state index in [2.05, 4.69) is 0 Å². The van der Waals surface area contributed by atoms with Crippen LogP contribution in [0, 0.1) is 5.92 Å². The molecule has 118 valence electrons. The van der Waals surface area contributed by atoms with Gasteiger partial charge in [-0.2, -0.15) is 0 Å². The van der Waals surface area contributed by atoms with Crippen molar-refractivity contribution in [1.82, 2.24) is 4.90 Å². The highest BCUT2D eigenvalue weighted by molar-refractivity contribution is 5.89. The third kappa shape index (κ3) is 2.99. The molecule has 1 N–H and O–H groups in total. The number of benzene rings is 1. The Hall–Kier alpha value is -1.88. The van der Waals surface area contributed by atoms with E-state index in [1.807, 2.05) is 17.0 Å². The molecule has 1 aromatic rings. The molecule has 2 fully saturated rings. The molecule has 2 saturated heterocycles. The van der Waals surface area contributed by atoms with Gasteiger partial charge in [0, 0.05) is 38.1 Å². The van der Waals surface area contributed by atoms with E-state index in [9.17, 15) is 14.7 Å². The predicted octanol–water partition coefficient (Wildman–Crippen LogP) is 2.13. The maximum Gasteiger partial charge on any atom is 0.335 e. The topological polar surface area (TPSA) is 66.8 Å². The number of carboxylic acids is 1. The van der Waals surface area contributed by atoms with Gasteiger partial charge in [-0.25, -0.2) is 4.79 Å². The van der Waals surface area contributed by atoms with E-state index in [1.54, 1.807) is 12.1 Å². The summed E-state index contributed by atoms with van der Waals surface area (Å²) in [5.41, 5.74) is 1.20. The molecule has 0 saturated carbocycles. The Morgan fingerprint density at radius 2 is 1.86 bits per heavy atom. The molecule has 2 aliphatic rings. The van der Waals surface area contributed by atoms with Crippen LogP contribution in [0.1, 0.15) is 41.1 Å². The van der Waals surface area contributed by atoms with Crippen LogP contribution in [-0.2, 0) is 9.53 Å². The lowest BCUT2D eigenvalue weighted by Crippen LogP contribution is -2.37. The molecule has 22 heavy (non-hydrogen) atoms. The first-order chi connectivity index (χ1) is 10.7. The van der Waals surface area contributed by atoms with Crippen LogP contribution in [0.15, 0.2) is 24.3 Å². The third-order valence-corrected chi connectivity index (χ3v) is 4.70. The van der Waals surface area contributed by atoms with Crippen molar-refractivity contribution in [2.45, 2.75) is 25.2 Å². The molecule has 0 spiro atoms. The number of carbonyl (C=O) groups is 2. The zero-order valence-electron chi connectivity index (χ0n) is 12.5. The summed E-state index contributed by atoms with van der Waals surface area (Å²) in [4.78, 5) is 25.8. The summed E-state index contributed by atoms with van der Waals surface area (Å²) in [6.45, 7) is 2.67. The molecule has 0 aromatic heterocycles. The van der Waals surface area contributed by atoms with E-state index >= 15 is 0 Å². The first-order valence-corrected chi connectivity index (χ1v) is 7.85. The maximum atomic E-state index is 12.6. The van der Waals surface area contributed by atoms with Crippen molar-refractivity contribution in [2.75, 3.05) is 26.3 Å². The lowest BCUT2D eigenvalue weighted by molar-refractivity contribution is -0.137. The van der Waals surface area contributed by atoms with Crippen molar-refractivity contribution in [1.29, 1.82) is 0 Å². The van der Waals surface area contributed by atoms with E-state index in [1.165, 1.54) is 0 Å². The number of amides is 1. The van der Waals surface area contributed by atoms with E-state index in [0.717, 1.165) is 31.4 Å². The Morgan fingerprint density at radius 3 is 2.59 bits per heavy atom. The second-order valence-corrected chi connectivity index (χ2v) is 6.05. The molecule has 3 rings (SSSR count). The monoisotopic (exact) mass is 303 g/mol. The van der Waals surface area contributed by atoms with Gasteiger partial charge in [0.25, 0.3) is 0 Å². The van der Waals surface area contributed by atoms with E-state index in [4.69, 9.17) is 4.74 Å². The van der Waals surface area contributed by atoms with Gasteiger partial charge >= 0.3 is 5.97 Å². The van der Waals surface area contributed by atoms with Gasteiger partial charge in [-0.05, 0) is 30.9 Å². The summed E-state index contributed by atoms with van der Waals surface area (Å²) in [5.74, 6) is -0.498. The summed E-state index contributed by atoms with van der Waals surface area (Å²) in [6.07, 6.45) is 2.43. The summed E-state index contributed by atoms with van der Waals surface area (Å²) in [7, 11) is 0. The van der Waals surface area contributed by atoms with Crippen LogP contribution in [0.5, 0.6) is 0 Å². The number of ether oxygens (including phenoxy) is 1. The van der Waals surface area contributed by atoms with Crippen LogP contribution in [-0.4, -0.2) is 48.2 Å². The average molecular weight is 303 g/mol. The molecule has 1 atom stereocenters. The van der Waals surface area contributed by atoms with Crippen LogP contribution < -0.4 is 0 Å².